The normalized spacial score (nSPS) is 23.4. The van der Waals surface area contributed by atoms with Crippen molar-refractivity contribution < 1.29 is 5.11 Å². The van der Waals surface area contributed by atoms with E-state index in [9.17, 15) is 5.11 Å². The zero-order chi connectivity index (χ0) is 15.4. The molecule has 0 aromatic heterocycles. The molecule has 2 heteroatoms. The Kier molecular flexibility index (Phi) is 5.20. The summed E-state index contributed by atoms with van der Waals surface area (Å²) in [6.07, 6.45) is 12.2. The second-order valence-corrected chi connectivity index (χ2v) is 7.45. The summed E-state index contributed by atoms with van der Waals surface area (Å²) < 4.78 is 0. The first-order chi connectivity index (χ1) is 10.7. The van der Waals surface area contributed by atoms with Crippen LogP contribution in [0.25, 0.3) is 0 Å². The van der Waals surface area contributed by atoms with E-state index in [2.05, 4.69) is 12.1 Å². The Hall–Kier alpha value is -0.860. The molecule has 2 saturated carbocycles. The lowest BCUT2D eigenvalue weighted by Crippen LogP contribution is -2.54. The number of hydrogen-bond acceptors (Lipinski definition) is 2. The van der Waals surface area contributed by atoms with Gasteiger partial charge in [-0.15, -0.1) is 0 Å². The van der Waals surface area contributed by atoms with Gasteiger partial charge < -0.3 is 10.8 Å². The SMILES string of the molecule is NC(c1ccccc1)C(O)(C1CCCCC1)C1CCCCC1. The van der Waals surface area contributed by atoms with Gasteiger partial charge in [0.2, 0.25) is 0 Å². The third-order valence-corrected chi connectivity index (χ3v) is 6.18. The van der Waals surface area contributed by atoms with E-state index in [1.807, 2.05) is 18.2 Å². The Morgan fingerprint density at radius 2 is 1.27 bits per heavy atom. The molecular weight excluding hydrogens is 270 g/mol. The van der Waals surface area contributed by atoms with Crippen molar-refractivity contribution in [3.8, 4) is 0 Å². The molecular formula is C20H31NO. The topological polar surface area (TPSA) is 46.2 Å². The van der Waals surface area contributed by atoms with E-state index in [0.29, 0.717) is 11.8 Å². The van der Waals surface area contributed by atoms with E-state index >= 15 is 0 Å². The number of rotatable bonds is 4. The number of nitrogens with two attached hydrogens (primary N) is 1. The molecule has 0 spiro atoms. The number of benzene rings is 1. The summed E-state index contributed by atoms with van der Waals surface area (Å²) >= 11 is 0. The van der Waals surface area contributed by atoms with E-state index in [-0.39, 0.29) is 6.04 Å². The van der Waals surface area contributed by atoms with E-state index in [1.54, 1.807) is 0 Å². The van der Waals surface area contributed by atoms with Gasteiger partial charge in [-0.1, -0.05) is 68.9 Å². The quantitative estimate of drug-likeness (QED) is 0.855. The lowest BCUT2D eigenvalue weighted by molar-refractivity contribution is -0.111. The summed E-state index contributed by atoms with van der Waals surface area (Å²) in [5.41, 5.74) is 7.06. The molecule has 1 atom stereocenters. The molecule has 2 nitrogen and oxygen atoms in total. The lowest BCUT2D eigenvalue weighted by atomic mass is 9.62. The van der Waals surface area contributed by atoms with Crippen molar-refractivity contribution >= 4 is 0 Å². The Labute approximate surface area is 135 Å². The van der Waals surface area contributed by atoms with E-state index < -0.39 is 5.60 Å². The molecule has 1 aromatic rings. The van der Waals surface area contributed by atoms with Gasteiger partial charge in [0, 0.05) is 0 Å². The summed E-state index contributed by atoms with van der Waals surface area (Å²) in [7, 11) is 0. The summed E-state index contributed by atoms with van der Waals surface area (Å²) in [4.78, 5) is 0. The minimum atomic E-state index is -0.720. The Morgan fingerprint density at radius 3 is 1.73 bits per heavy atom. The van der Waals surface area contributed by atoms with Crippen molar-refractivity contribution in [2.24, 2.45) is 17.6 Å². The van der Waals surface area contributed by atoms with Crippen molar-refractivity contribution in [3.63, 3.8) is 0 Å². The smallest absolute Gasteiger partial charge is 0.0895 e. The minimum Gasteiger partial charge on any atom is -0.387 e. The van der Waals surface area contributed by atoms with Crippen LogP contribution in [-0.2, 0) is 0 Å². The zero-order valence-electron chi connectivity index (χ0n) is 13.7. The van der Waals surface area contributed by atoms with Crippen molar-refractivity contribution in [3.05, 3.63) is 35.9 Å². The number of hydrogen-bond donors (Lipinski definition) is 2. The highest BCUT2D eigenvalue weighted by Crippen LogP contribution is 2.48. The average molecular weight is 301 g/mol. The summed E-state index contributed by atoms with van der Waals surface area (Å²) in [6, 6.07) is 10.0. The van der Waals surface area contributed by atoms with E-state index in [1.165, 1.54) is 38.5 Å². The molecule has 1 unspecified atom stereocenters. The molecule has 2 fully saturated rings. The summed E-state index contributed by atoms with van der Waals surface area (Å²) in [6.45, 7) is 0. The molecule has 0 bridgehead atoms. The fourth-order valence-electron chi connectivity index (χ4n) is 4.90. The van der Waals surface area contributed by atoms with Crippen LogP contribution in [0.5, 0.6) is 0 Å². The fourth-order valence-corrected chi connectivity index (χ4v) is 4.90. The second-order valence-electron chi connectivity index (χ2n) is 7.45. The Bertz CT molecular complexity index is 428. The molecule has 0 heterocycles. The van der Waals surface area contributed by atoms with Crippen LogP contribution in [0.2, 0.25) is 0 Å². The molecule has 0 aliphatic heterocycles. The third kappa shape index (κ3) is 3.09. The first-order valence-corrected chi connectivity index (χ1v) is 9.26. The maximum absolute atomic E-state index is 11.9. The molecule has 0 radical (unpaired) electrons. The molecule has 2 aliphatic carbocycles. The third-order valence-electron chi connectivity index (χ3n) is 6.18. The van der Waals surface area contributed by atoms with Crippen LogP contribution in [0.3, 0.4) is 0 Å². The van der Waals surface area contributed by atoms with Crippen LogP contribution < -0.4 is 5.73 Å². The van der Waals surface area contributed by atoms with Crippen LogP contribution in [0.1, 0.15) is 75.8 Å². The van der Waals surface area contributed by atoms with Crippen LogP contribution in [0.4, 0.5) is 0 Å². The fraction of sp³-hybridized carbons (Fsp3) is 0.700. The average Bonchev–Trinajstić information content (AvgIpc) is 2.62. The van der Waals surface area contributed by atoms with Crippen molar-refractivity contribution in [1.82, 2.24) is 0 Å². The standard InChI is InChI=1S/C20H31NO/c21-19(16-10-4-1-5-11-16)20(22,17-12-6-2-7-13-17)18-14-8-3-9-15-18/h1,4-5,10-11,17-19,22H,2-3,6-9,12-15,21H2. The zero-order valence-corrected chi connectivity index (χ0v) is 13.7. The van der Waals surface area contributed by atoms with Gasteiger partial charge >= 0.3 is 0 Å². The predicted octanol–water partition coefficient (Wildman–Crippen LogP) is 4.58. The van der Waals surface area contributed by atoms with Gasteiger partial charge in [0.25, 0.3) is 0 Å². The van der Waals surface area contributed by atoms with Crippen LogP contribution in [0.15, 0.2) is 30.3 Å². The highest BCUT2D eigenvalue weighted by atomic mass is 16.3. The monoisotopic (exact) mass is 301 g/mol. The van der Waals surface area contributed by atoms with Gasteiger partial charge in [0.15, 0.2) is 0 Å². The molecule has 2 aliphatic rings. The van der Waals surface area contributed by atoms with Crippen molar-refractivity contribution in [2.45, 2.75) is 75.9 Å². The van der Waals surface area contributed by atoms with E-state index in [4.69, 9.17) is 5.73 Å². The summed E-state index contributed by atoms with van der Waals surface area (Å²) in [5.74, 6) is 0.749. The largest absolute Gasteiger partial charge is 0.387 e. The first-order valence-electron chi connectivity index (χ1n) is 9.26. The van der Waals surface area contributed by atoms with Gasteiger partial charge in [-0.2, -0.15) is 0 Å². The summed E-state index contributed by atoms with van der Waals surface area (Å²) in [5, 5.41) is 11.9. The van der Waals surface area contributed by atoms with Gasteiger partial charge in [0.1, 0.15) is 0 Å². The van der Waals surface area contributed by atoms with Crippen LogP contribution in [-0.4, -0.2) is 10.7 Å². The predicted molar refractivity (Wildman–Crippen MR) is 91.5 cm³/mol. The first kappa shape index (κ1) is 16.0. The van der Waals surface area contributed by atoms with Gasteiger partial charge in [0.05, 0.1) is 11.6 Å². The second kappa shape index (κ2) is 7.14. The number of aliphatic hydroxyl groups is 1. The van der Waals surface area contributed by atoms with Crippen molar-refractivity contribution in [1.29, 1.82) is 0 Å². The van der Waals surface area contributed by atoms with Gasteiger partial charge in [-0.3, -0.25) is 0 Å². The highest BCUT2D eigenvalue weighted by Gasteiger charge is 2.48. The molecule has 22 heavy (non-hydrogen) atoms. The molecule has 0 amide bonds. The lowest BCUT2D eigenvalue weighted by Gasteiger charge is -2.49. The maximum atomic E-state index is 11.9. The Morgan fingerprint density at radius 1 is 0.818 bits per heavy atom. The van der Waals surface area contributed by atoms with Gasteiger partial charge in [-0.05, 0) is 43.1 Å². The van der Waals surface area contributed by atoms with E-state index in [0.717, 1.165) is 31.2 Å². The molecule has 3 rings (SSSR count). The van der Waals surface area contributed by atoms with Crippen LogP contribution >= 0.6 is 0 Å². The van der Waals surface area contributed by atoms with Gasteiger partial charge in [-0.25, -0.2) is 0 Å². The molecule has 0 saturated heterocycles. The highest BCUT2D eigenvalue weighted by molar-refractivity contribution is 5.23. The minimum absolute atomic E-state index is 0.250. The molecule has 1 aromatic carbocycles. The van der Waals surface area contributed by atoms with Crippen molar-refractivity contribution in [2.75, 3.05) is 0 Å². The molecule has 3 N–H and O–H groups in total. The maximum Gasteiger partial charge on any atom is 0.0895 e. The molecule has 122 valence electrons. The Balaban J connectivity index is 1.90. The van der Waals surface area contributed by atoms with Crippen LogP contribution in [0, 0.1) is 11.8 Å².